The fourth-order valence-corrected chi connectivity index (χ4v) is 3.80. The normalized spacial score (nSPS) is 13.6. The van der Waals surface area contributed by atoms with Crippen LogP contribution < -0.4 is 4.90 Å². The highest BCUT2D eigenvalue weighted by Gasteiger charge is 2.17. The third kappa shape index (κ3) is 3.18. The van der Waals surface area contributed by atoms with Gasteiger partial charge in [-0.05, 0) is 29.3 Å². The second-order valence-corrected chi connectivity index (χ2v) is 6.45. The molecule has 0 unspecified atom stereocenters. The summed E-state index contributed by atoms with van der Waals surface area (Å²) in [7, 11) is 0. The van der Waals surface area contributed by atoms with Crippen LogP contribution in [0.5, 0.6) is 0 Å². The number of nitrogens with zero attached hydrogens (tertiary/aromatic N) is 2. The van der Waals surface area contributed by atoms with Crippen LogP contribution in [-0.2, 0) is 12.3 Å². The van der Waals surface area contributed by atoms with E-state index in [1.165, 1.54) is 16.0 Å². The second kappa shape index (κ2) is 6.43. The lowest BCUT2D eigenvalue weighted by Crippen LogP contribution is -2.25. The smallest absolute Gasteiger partial charge is 0.0640 e. The average Bonchev–Trinajstić information content (AvgIpc) is 2.49. The summed E-state index contributed by atoms with van der Waals surface area (Å²) in [6, 6.07) is 16.8. The Balaban J connectivity index is 2.02. The molecule has 0 aromatic heterocycles. The van der Waals surface area contributed by atoms with Crippen LogP contribution in [0.4, 0.5) is 5.69 Å². The lowest BCUT2D eigenvalue weighted by atomic mass is 10.1. The molecule has 2 aromatic carbocycles. The molecule has 3 rings (SSSR count). The maximum atomic E-state index is 8.91. The Morgan fingerprint density at radius 1 is 1.19 bits per heavy atom. The third-order valence-electron chi connectivity index (χ3n) is 3.62. The molecule has 2 nitrogen and oxygen atoms in total. The minimum Gasteiger partial charge on any atom is -0.365 e. The van der Waals surface area contributed by atoms with Crippen LogP contribution in [0.3, 0.4) is 0 Å². The minimum atomic E-state index is 0.513. The fraction of sp³-hybridized carbons (Fsp3) is 0.235. The first-order valence-corrected chi connectivity index (χ1v) is 8.25. The van der Waals surface area contributed by atoms with E-state index in [1.54, 1.807) is 0 Å². The topological polar surface area (TPSA) is 27.0 Å². The van der Waals surface area contributed by atoms with Crippen molar-refractivity contribution >= 4 is 29.1 Å². The summed E-state index contributed by atoms with van der Waals surface area (Å²) in [4.78, 5) is 3.49. The molecule has 4 heteroatoms. The number of fused-ring (bicyclic) bond motifs is 2. The van der Waals surface area contributed by atoms with Crippen LogP contribution in [0.25, 0.3) is 0 Å². The lowest BCUT2D eigenvalue weighted by molar-refractivity contribution is 0.783. The van der Waals surface area contributed by atoms with Crippen LogP contribution in [0.15, 0.2) is 47.4 Å². The Kier molecular flexibility index (Phi) is 4.38. The van der Waals surface area contributed by atoms with Gasteiger partial charge in [0.1, 0.15) is 0 Å². The van der Waals surface area contributed by atoms with Crippen molar-refractivity contribution in [3.63, 3.8) is 0 Å². The Labute approximate surface area is 134 Å². The van der Waals surface area contributed by atoms with Gasteiger partial charge in [-0.2, -0.15) is 5.26 Å². The van der Waals surface area contributed by atoms with Crippen molar-refractivity contribution in [2.45, 2.75) is 23.6 Å². The molecule has 21 heavy (non-hydrogen) atoms. The number of benzene rings is 2. The van der Waals surface area contributed by atoms with Crippen molar-refractivity contribution in [2.24, 2.45) is 0 Å². The number of nitriles is 1. The van der Waals surface area contributed by atoms with Crippen molar-refractivity contribution in [1.82, 2.24) is 0 Å². The van der Waals surface area contributed by atoms with Gasteiger partial charge in [-0.3, -0.25) is 0 Å². The number of rotatable bonds is 2. The maximum absolute atomic E-state index is 8.91. The minimum absolute atomic E-state index is 0.513. The number of halogens is 1. The first kappa shape index (κ1) is 14.3. The molecule has 0 bridgehead atoms. The van der Waals surface area contributed by atoms with E-state index < -0.39 is 0 Å². The van der Waals surface area contributed by atoms with E-state index in [4.69, 9.17) is 16.9 Å². The van der Waals surface area contributed by atoms with Crippen molar-refractivity contribution < 1.29 is 0 Å². The van der Waals surface area contributed by atoms with E-state index in [0.717, 1.165) is 29.6 Å². The molecule has 0 N–H and O–H groups in total. The maximum Gasteiger partial charge on any atom is 0.0640 e. The van der Waals surface area contributed by atoms with Gasteiger partial charge in [0.05, 0.1) is 18.2 Å². The first-order valence-electron chi connectivity index (χ1n) is 6.89. The molecule has 0 fully saturated rings. The summed E-state index contributed by atoms with van der Waals surface area (Å²) in [5, 5.41) is 9.65. The summed E-state index contributed by atoms with van der Waals surface area (Å²) in [5.41, 5.74) is 3.83. The fourth-order valence-electron chi connectivity index (χ4n) is 2.54. The summed E-state index contributed by atoms with van der Waals surface area (Å²) in [5.74, 6) is 0.969. The SMILES string of the molecule is N#CCCN1Cc2ccccc2CSc2ccc(Cl)cc21. The number of hydrogen-bond acceptors (Lipinski definition) is 3. The Bertz CT molecular complexity index is 693. The van der Waals surface area contributed by atoms with Gasteiger partial charge < -0.3 is 4.90 Å². The lowest BCUT2D eigenvalue weighted by Gasteiger charge is -2.29. The highest BCUT2D eigenvalue weighted by molar-refractivity contribution is 7.98. The molecule has 0 saturated carbocycles. The van der Waals surface area contributed by atoms with E-state index in [0.29, 0.717) is 6.42 Å². The summed E-state index contributed by atoms with van der Waals surface area (Å²) in [6.07, 6.45) is 0.513. The zero-order chi connectivity index (χ0) is 14.7. The van der Waals surface area contributed by atoms with Crippen molar-refractivity contribution in [3.8, 4) is 6.07 Å². The zero-order valence-corrected chi connectivity index (χ0v) is 13.1. The van der Waals surface area contributed by atoms with Crippen LogP contribution >= 0.6 is 23.4 Å². The van der Waals surface area contributed by atoms with E-state index in [1.807, 2.05) is 23.9 Å². The molecule has 0 atom stereocenters. The van der Waals surface area contributed by atoms with Crippen LogP contribution in [0, 0.1) is 11.3 Å². The molecule has 0 amide bonds. The third-order valence-corrected chi connectivity index (χ3v) is 4.96. The summed E-state index contributed by atoms with van der Waals surface area (Å²) >= 11 is 8.00. The predicted molar refractivity (Wildman–Crippen MR) is 88.7 cm³/mol. The summed E-state index contributed by atoms with van der Waals surface area (Å²) < 4.78 is 0. The monoisotopic (exact) mass is 314 g/mol. The van der Waals surface area contributed by atoms with Gasteiger partial charge in [0.15, 0.2) is 0 Å². The van der Waals surface area contributed by atoms with Gasteiger partial charge in [0, 0.05) is 28.8 Å². The van der Waals surface area contributed by atoms with Gasteiger partial charge in [-0.15, -0.1) is 11.8 Å². The highest BCUT2D eigenvalue weighted by Crippen LogP contribution is 2.38. The van der Waals surface area contributed by atoms with E-state index in [2.05, 4.69) is 41.3 Å². The van der Waals surface area contributed by atoms with Gasteiger partial charge in [0.25, 0.3) is 0 Å². The second-order valence-electron chi connectivity index (χ2n) is 5.00. The molecule has 0 saturated heterocycles. The molecule has 1 heterocycles. The number of anilines is 1. The average molecular weight is 315 g/mol. The molecule has 2 aromatic rings. The van der Waals surface area contributed by atoms with E-state index in [-0.39, 0.29) is 0 Å². The van der Waals surface area contributed by atoms with Crippen LogP contribution in [-0.4, -0.2) is 6.54 Å². The molecule has 1 aliphatic rings. The van der Waals surface area contributed by atoms with Gasteiger partial charge in [-0.25, -0.2) is 0 Å². The zero-order valence-electron chi connectivity index (χ0n) is 11.6. The van der Waals surface area contributed by atoms with Crippen molar-refractivity contribution in [3.05, 3.63) is 58.6 Å². The standard InChI is InChI=1S/C17H15ClN2S/c18-15-6-7-17-16(10-15)20(9-3-8-19)11-13-4-1-2-5-14(13)12-21-17/h1-2,4-7,10H,3,9,11-12H2. The molecule has 0 spiro atoms. The van der Waals surface area contributed by atoms with E-state index >= 15 is 0 Å². The first-order chi connectivity index (χ1) is 10.3. The van der Waals surface area contributed by atoms with Crippen molar-refractivity contribution in [1.29, 1.82) is 5.26 Å². The van der Waals surface area contributed by atoms with Crippen molar-refractivity contribution in [2.75, 3.05) is 11.4 Å². The largest absolute Gasteiger partial charge is 0.365 e. The summed E-state index contributed by atoms with van der Waals surface area (Å²) in [6.45, 7) is 1.55. The molecule has 0 radical (unpaired) electrons. The number of thioether (sulfide) groups is 1. The molecule has 0 aliphatic carbocycles. The number of hydrogen-bond donors (Lipinski definition) is 0. The Hall–Kier alpha value is -1.63. The Morgan fingerprint density at radius 3 is 2.81 bits per heavy atom. The van der Waals surface area contributed by atoms with Crippen LogP contribution in [0.2, 0.25) is 5.02 Å². The van der Waals surface area contributed by atoms with Gasteiger partial charge >= 0.3 is 0 Å². The Morgan fingerprint density at radius 2 is 2.00 bits per heavy atom. The van der Waals surface area contributed by atoms with E-state index in [9.17, 15) is 0 Å². The van der Waals surface area contributed by atoms with Crippen LogP contribution in [0.1, 0.15) is 17.5 Å². The highest BCUT2D eigenvalue weighted by atomic mass is 35.5. The molecular formula is C17H15ClN2S. The molecule has 1 aliphatic heterocycles. The van der Waals surface area contributed by atoms with Gasteiger partial charge in [-0.1, -0.05) is 35.9 Å². The predicted octanol–water partition coefficient (Wildman–Crippen LogP) is 4.87. The molecule has 106 valence electrons. The molecular weight excluding hydrogens is 300 g/mol. The van der Waals surface area contributed by atoms with Gasteiger partial charge in [0.2, 0.25) is 0 Å². The quantitative estimate of drug-likeness (QED) is 0.791.